The van der Waals surface area contributed by atoms with Crippen LogP contribution in [0.1, 0.15) is 12.0 Å². The fourth-order valence-electron chi connectivity index (χ4n) is 2.27. The summed E-state index contributed by atoms with van der Waals surface area (Å²) in [7, 11) is 0. The van der Waals surface area contributed by atoms with Gasteiger partial charge in [0.15, 0.2) is 0 Å². The molecule has 1 heterocycles. The zero-order chi connectivity index (χ0) is 14.2. The van der Waals surface area contributed by atoms with Gasteiger partial charge in [0.25, 0.3) is 0 Å². The third-order valence-corrected chi connectivity index (χ3v) is 3.37. The van der Waals surface area contributed by atoms with Gasteiger partial charge in [0.1, 0.15) is 6.10 Å². The van der Waals surface area contributed by atoms with Crippen LogP contribution in [0.2, 0.25) is 0 Å². The lowest BCUT2D eigenvalue weighted by atomic mass is 10.2. The largest absolute Gasteiger partial charge is 0.366 e. The number of amides is 1. The lowest BCUT2D eigenvalue weighted by Crippen LogP contribution is -2.49. The van der Waals surface area contributed by atoms with Gasteiger partial charge in [-0.25, -0.2) is 0 Å². The molecular formula is C15H23N3O2. The Morgan fingerprint density at radius 1 is 1.40 bits per heavy atom. The Bertz CT molecular complexity index is 411. The minimum atomic E-state index is -0.370. The molecule has 2 rings (SSSR count). The predicted molar refractivity (Wildman–Crippen MR) is 78.1 cm³/mol. The maximum atomic E-state index is 12.0. The maximum Gasteiger partial charge on any atom is 0.250 e. The first-order valence-electron chi connectivity index (χ1n) is 7.15. The van der Waals surface area contributed by atoms with Crippen LogP contribution in [-0.4, -0.2) is 49.7 Å². The smallest absolute Gasteiger partial charge is 0.250 e. The highest BCUT2D eigenvalue weighted by Gasteiger charge is 2.26. The second-order valence-electron chi connectivity index (χ2n) is 5.01. The summed E-state index contributed by atoms with van der Waals surface area (Å²) in [5, 5.41) is 2.87. The van der Waals surface area contributed by atoms with E-state index in [0.717, 1.165) is 19.5 Å². The third kappa shape index (κ3) is 4.59. The molecule has 0 aromatic heterocycles. The van der Waals surface area contributed by atoms with Crippen molar-refractivity contribution in [3.05, 3.63) is 35.9 Å². The van der Waals surface area contributed by atoms with Gasteiger partial charge < -0.3 is 15.8 Å². The molecule has 5 nitrogen and oxygen atoms in total. The van der Waals surface area contributed by atoms with Gasteiger partial charge in [-0.1, -0.05) is 30.3 Å². The third-order valence-electron chi connectivity index (χ3n) is 3.37. The van der Waals surface area contributed by atoms with E-state index in [1.54, 1.807) is 0 Å². The molecule has 20 heavy (non-hydrogen) atoms. The van der Waals surface area contributed by atoms with E-state index in [1.165, 1.54) is 5.56 Å². The van der Waals surface area contributed by atoms with Crippen LogP contribution in [0, 0.1) is 0 Å². The van der Waals surface area contributed by atoms with Gasteiger partial charge in [-0.2, -0.15) is 0 Å². The summed E-state index contributed by atoms with van der Waals surface area (Å²) in [6.07, 6.45) is 0.428. The van der Waals surface area contributed by atoms with Crippen LogP contribution in [0.5, 0.6) is 0 Å². The molecule has 3 N–H and O–H groups in total. The summed E-state index contributed by atoms with van der Waals surface area (Å²) < 4.78 is 5.55. The molecule has 1 amide bonds. The molecule has 1 aromatic rings. The quantitative estimate of drug-likeness (QED) is 0.736. The van der Waals surface area contributed by atoms with E-state index in [1.807, 2.05) is 18.2 Å². The molecule has 1 aliphatic rings. The van der Waals surface area contributed by atoms with E-state index in [4.69, 9.17) is 10.5 Å². The monoisotopic (exact) mass is 277 g/mol. The number of hydrogen-bond acceptors (Lipinski definition) is 4. The summed E-state index contributed by atoms with van der Waals surface area (Å²) in [5.74, 6) is -0.0313. The standard InChI is InChI=1S/C15H23N3O2/c16-7-4-8-17-15(19)14-12-18(9-10-20-14)11-13-5-2-1-3-6-13/h1-3,5-6,14H,4,7-12,16H2,(H,17,19). The van der Waals surface area contributed by atoms with Crippen molar-refractivity contribution in [2.45, 2.75) is 19.1 Å². The Balaban J connectivity index is 1.80. The molecule has 1 atom stereocenters. The normalized spacial score (nSPS) is 19.8. The van der Waals surface area contributed by atoms with Crippen molar-refractivity contribution in [2.24, 2.45) is 5.73 Å². The van der Waals surface area contributed by atoms with E-state index in [9.17, 15) is 4.79 Å². The minimum Gasteiger partial charge on any atom is -0.366 e. The van der Waals surface area contributed by atoms with Gasteiger partial charge in [0.05, 0.1) is 6.61 Å². The zero-order valence-corrected chi connectivity index (χ0v) is 11.8. The van der Waals surface area contributed by atoms with Crippen molar-refractivity contribution in [1.29, 1.82) is 0 Å². The summed E-state index contributed by atoms with van der Waals surface area (Å²) >= 11 is 0. The number of nitrogens with one attached hydrogen (secondary N) is 1. The molecule has 0 aliphatic carbocycles. The van der Waals surface area contributed by atoms with Crippen LogP contribution in [0.4, 0.5) is 0 Å². The van der Waals surface area contributed by atoms with Crippen molar-refractivity contribution in [1.82, 2.24) is 10.2 Å². The highest BCUT2D eigenvalue weighted by molar-refractivity contribution is 5.81. The van der Waals surface area contributed by atoms with Crippen LogP contribution in [-0.2, 0) is 16.1 Å². The Hall–Kier alpha value is -1.43. The fraction of sp³-hybridized carbons (Fsp3) is 0.533. The molecule has 0 radical (unpaired) electrons. The number of nitrogens with two attached hydrogens (primary N) is 1. The van der Waals surface area contributed by atoms with E-state index in [0.29, 0.717) is 26.2 Å². The SMILES string of the molecule is NCCCNC(=O)C1CN(Cc2ccccc2)CCO1. The van der Waals surface area contributed by atoms with E-state index < -0.39 is 0 Å². The van der Waals surface area contributed by atoms with Gasteiger partial charge in [0, 0.05) is 26.2 Å². The number of morpholine rings is 1. The molecule has 0 bridgehead atoms. The van der Waals surface area contributed by atoms with Crippen molar-refractivity contribution in [3.8, 4) is 0 Å². The van der Waals surface area contributed by atoms with Crippen molar-refractivity contribution < 1.29 is 9.53 Å². The second kappa shape index (κ2) is 7.99. The topological polar surface area (TPSA) is 67.6 Å². The Kier molecular flexibility index (Phi) is 5.98. The van der Waals surface area contributed by atoms with Gasteiger partial charge in [-0.15, -0.1) is 0 Å². The van der Waals surface area contributed by atoms with Gasteiger partial charge in [-0.05, 0) is 18.5 Å². The van der Waals surface area contributed by atoms with Crippen molar-refractivity contribution in [3.63, 3.8) is 0 Å². The summed E-state index contributed by atoms with van der Waals surface area (Å²) in [5.41, 5.74) is 6.67. The number of ether oxygens (including phenoxy) is 1. The first kappa shape index (κ1) is 15.0. The van der Waals surface area contributed by atoms with Crippen molar-refractivity contribution in [2.75, 3.05) is 32.8 Å². The highest BCUT2D eigenvalue weighted by Crippen LogP contribution is 2.10. The molecule has 0 saturated carbocycles. The Morgan fingerprint density at radius 3 is 2.95 bits per heavy atom. The van der Waals surface area contributed by atoms with Gasteiger partial charge in [0.2, 0.25) is 5.91 Å². The van der Waals surface area contributed by atoms with E-state index >= 15 is 0 Å². The van der Waals surface area contributed by atoms with E-state index in [2.05, 4.69) is 22.3 Å². The van der Waals surface area contributed by atoms with Crippen LogP contribution < -0.4 is 11.1 Å². The van der Waals surface area contributed by atoms with Gasteiger partial charge in [-0.3, -0.25) is 9.69 Å². The van der Waals surface area contributed by atoms with Crippen LogP contribution in [0.3, 0.4) is 0 Å². The number of hydrogen-bond donors (Lipinski definition) is 2. The molecule has 1 saturated heterocycles. The number of rotatable bonds is 6. The van der Waals surface area contributed by atoms with Gasteiger partial charge >= 0.3 is 0 Å². The fourth-order valence-corrected chi connectivity index (χ4v) is 2.27. The number of carbonyl (C=O) groups excluding carboxylic acids is 1. The Morgan fingerprint density at radius 2 is 2.20 bits per heavy atom. The first-order chi connectivity index (χ1) is 9.79. The number of benzene rings is 1. The summed E-state index contributed by atoms with van der Waals surface area (Å²) in [6, 6.07) is 10.3. The zero-order valence-electron chi connectivity index (χ0n) is 11.8. The lowest BCUT2D eigenvalue weighted by molar-refractivity contribution is -0.138. The van der Waals surface area contributed by atoms with Crippen molar-refractivity contribution >= 4 is 5.91 Å². The molecule has 0 spiro atoms. The molecule has 110 valence electrons. The number of carbonyl (C=O) groups is 1. The average molecular weight is 277 g/mol. The lowest BCUT2D eigenvalue weighted by Gasteiger charge is -2.32. The first-order valence-corrected chi connectivity index (χ1v) is 7.15. The van der Waals surface area contributed by atoms with E-state index in [-0.39, 0.29) is 12.0 Å². The molecule has 1 unspecified atom stereocenters. The molecule has 1 aromatic carbocycles. The molecular weight excluding hydrogens is 254 g/mol. The van der Waals surface area contributed by atoms with Crippen LogP contribution in [0.15, 0.2) is 30.3 Å². The average Bonchev–Trinajstić information content (AvgIpc) is 2.49. The summed E-state index contributed by atoms with van der Waals surface area (Å²) in [6.45, 7) is 4.17. The summed E-state index contributed by atoms with van der Waals surface area (Å²) in [4.78, 5) is 14.2. The Labute approximate surface area is 120 Å². The number of nitrogens with zero attached hydrogens (tertiary/aromatic N) is 1. The molecule has 1 aliphatic heterocycles. The highest BCUT2D eigenvalue weighted by atomic mass is 16.5. The molecule has 5 heteroatoms. The van der Waals surface area contributed by atoms with Crippen LogP contribution >= 0.6 is 0 Å². The minimum absolute atomic E-state index is 0.0313. The van der Waals surface area contributed by atoms with Crippen LogP contribution in [0.25, 0.3) is 0 Å². The predicted octanol–water partition coefficient (Wildman–Crippen LogP) is 0.352. The molecule has 1 fully saturated rings. The maximum absolute atomic E-state index is 12.0. The second-order valence-corrected chi connectivity index (χ2v) is 5.01.